The number of nitrogens with zero attached hydrogens (tertiary/aromatic N) is 4. The number of hydrogen-bond donors (Lipinski definition) is 0. The molecule has 0 spiro atoms. The molecule has 0 radical (unpaired) electrons. The van der Waals surface area contributed by atoms with Gasteiger partial charge in [0.15, 0.2) is 0 Å². The molecule has 0 aliphatic carbocycles. The van der Waals surface area contributed by atoms with Crippen LogP contribution in [0, 0.1) is 0 Å². The quantitative estimate of drug-likeness (QED) is 0.208. The summed E-state index contributed by atoms with van der Waals surface area (Å²) >= 11 is 6.56. The molecule has 218 valence electrons. The van der Waals surface area contributed by atoms with Crippen LogP contribution in [-0.4, -0.2) is 66.6 Å². The van der Waals surface area contributed by atoms with Gasteiger partial charge in [0.2, 0.25) is 5.60 Å². The van der Waals surface area contributed by atoms with Crippen LogP contribution in [0.2, 0.25) is 5.02 Å². The second-order valence-electron chi connectivity index (χ2n) is 10.1. The Hall–Kier alpha value is -4.14. The van der Waals surface area contributed by atoms with Gasteiger partial charge in [0.25, 0.3) is 5.91 Å². The molecule has 3 aromatic carbocycles. The van der Waals surface area contributed by atoms with E-state index in [9.17, 15) is 4.79 Å². The van der Waals surface area contributed by atoms with Gasteiger partial charge in [0, 0.05) is 42.3 Å². The third-order valence-electron chi connectivity index (χ3n) is 7.70. The van der Waals surface area contributed by atoms with Gasteiger partial charge in [-0.3, -0.25) is 14.7 Å². The van der Waals surface area contributed by atoms with Crippen molar-refractivity contribution in [3.63, 3.8) is 0 Å². The highest BCUT2D eigenvalue weighted by Gasteiger charge is 2.58. The van der Waals surface area contributed by atoms with E-state index >= 15 is 4.79 Å². The second kappa shape index (κ2) is 12.4. The molecular weight excluding hydrogens is 552 g/mol. The van der Waals surface area contributed by atoms with E-state index in [4.69, 9.17) is 21.1 Å². The minimum atomic E-state index is -1.87. The first-order chi connectivity index (χ1) is 20.3. The highest BCUT2D eigenvalue weighted by molar-refractivity contribution is 6.31. The number of fused-ring (bicyclic) bond motifs is 2. The van der Waals surface area contributed by atoms with E-state index in [0.29, 0.717) is 58.5 Å². The van der Waals surface area contributed by atoms with Crippen LogP contribution in [0.4, 0.5) is 16.2 Å². The number of carbonyl (C=O) groups is 2. The fourth-order valence-corrected chi connectivity index (χ4v) is 5.63. The highest BCUT2D eigenvalue weighted by Crippen LogP contribution is 2.53. The first-order valence-corrected chi connectivity index (χ1v) is 14.6. The molecule has 5 rings (SSSR count). The van der Waals surface area contributed by atoms with Crippen molar-refractivity contribution in [2.45, 2.75) is 26.4 Å². The molecule has 4 aromatic rings. The minimum absolute atomic E-state index is 0.359. The largest absolute Gasteiger partial charge is 0.493 e. The molecule has 0 N–H and O–H groups in total. The Morgan fingerprint density at radius 2 is 1.69 bits per heavy atom. The lowest BCUT2D eigenvalue weighted by Crippen LogP contribution is -2.47. The smallest absolute Gasteiger partial charge is 0.411 e. The summed E-state index contributed by atoms with van der Waals surface area (Å²) < 4.78 is 12.4. The number of ether oxygens (including phenoxy) is 2. The van der Waals surface area contributed by atoms with Gasteiger partial charge >= 0.3 is 6.09 Å². The molecule has 9 heteroatoms. The van der Waals surface area contributed by atoms with Crippen molar-refractivity contribution in [3.8, 4) is 5.75 Å². The van der Waals surface area contributed by atoms with Crippen molar-refractivity contribution in [1.82, 2.24) is 14.8 Å². The monoisotopic (exact) mass is 586 g/mol. The summed E-state index contributed by atoms with van der Waals surface area (Å²) in [4.78, 5) is 38.8. The van der Waals surface area contributed by atoms with Crippen molar-refractivity contribution >= 4 is 45.9 Å². The molecule has 1 aliphatic rings. The molecule has 8 nitrogen and oxygen atoms in total. The summed E-state index contributed by atoms with van der Waals surface area (Å²) in [6, 6.07) is 21.8. The topological polar surface area (TPSA) is 75.2 Å². The predicted octanol–water partition coefficient (Wildman–Crippen LogP) is 6.62. The average molecular weight is 587 g/mol. The highest BCUT2D eigenvalue weighted by atomic mass is 35.5. The number of likely N-dealkylation sites (N-methyl/N-ethyl adjacent to an activating group) is 2. The van der Waals surface area contributed by atoms with Crippen LogP contribution >= 0.6 is 11.6 Å². The van der Waals surface area contributed by atoms with Crippen LogP contribution in [0.1, 0.15) is 31.9 Å². The SMILES string of the molecule is CCOc1ccccc1C1(OC(=O)N(C)CCN(CC)CC)C(=O)N(c2cccc3cccnc23)c2ccc(Cl)cc21. The number of pyridine rings is 1. The van der Waals surface area contributed by atoms with Crippen LogP contribution in [-0.2, 0) is 15.1 Å². The Balaban J connectivity index is 1.70. The molecule has 2 amide bonds. The third-order valence-corrected chi connectivity index (χ3v) is 7.93. The summed E-state index contributed by atoms with van der Waals surface area (Å²) in [5.41, 5.74) is 0.762. The number of carbonyl (C=O) groups excluding carboxylic acids is 2. The van der Waals surface area contributed by atoms with Crippen molar-refractivity contribution in [1.29, 1.82) is 0 Å². The van der Waals surface area contributed by atoms with Crippen molar-refractivity contribution in [2.75, 3.05) is 44.7 Å². The van der Waals surface area contributed by atoms with Crippen molar-refractivity contribution in [2.24, 2.45) is 0 Å². The zero-order valence-electron chi connectivity index (χ0n) is 24.3. The zero-order valence-corrected chi connectivity index (χ0v) is 25.1. The standard InChI is InChI=1S/C33H35ClN4O4/c1-5-37(6-2)21-20-36(4)32(40)42-33(25-14-8-9-16-29(25)41-7-3)26-22-24(34)17-18-27(26)38(31(33)39)28-15-10-12-23-13-11-19-35-30(23)28/h8-19,22H,5-7,20-21H2,1-4H3. The van der Waals surface area contributed by atoms with Gasteiger partial charge in [-0.05, 0) is 56.4 Å². The number of anilines is 2. The zero-order chi connectivity index (χ0) is 29.9. The fraction of sp³-hybridized carbons (Fsp3) is 0.303. The Bertz CT molecular complexity index is 1600. The van der Waals surface area contributed by atoms with Crippen molar-refractivity contribution < 1.29 is 19.1 Å². The maximum absolute atomic E-state index is 15.0. The van der Waals surface area contributed by atoms with Crippen LogP contribution < -0.4 is 9.64 Å². The molecule has 0 saturated carbocycles. The van der Waals surface area contributed by atoms with Gasteiger partial charge < -0.3 is 19.3 Å². The Kier molecular flexibility index (Phi) is 8.66. The number of halogens is 1. The number of para-hydroxylation sites is 2. The summed E-state index contributed by atoms with van der Waals surface area (Å²) in [5.74, 6) is -0.0219. The summed E-state index contributed by atoms with van der Waals surface area (Å²) in [5, 5.41) is 1.28. The number of benzene rings is 3. The van der Waals surface area contributed by atoms with Crippen LogP contribution in [0.5, 0.6) is 5.75 Å². The van der Waals surface area contributed by atoms with Crippen LogP contribution in [0.15, 0.2) is 79.0 Å². The first-order valence-electron chi connectivity index (χ1n) is 14.2. The maximum Gasteiger partial charge on any atom is 0.411 e. The summed E-state index contributed by atoms with van der Waals surface area (Å²) in [6.45, 7) is 9.21. The molecular formula is C33H35ClN4O4. The normalized spacial score (nSPS) is 16.1. The average Bonchev–Trinajstić information content (AvgIpc) is 3.24. The van der Waals surface area contributed by atoms with Crippen LogP contribution in [0.3, 0.4) is 0 Å². The molecule has 1 atom stereocenters. The Morgan fingerprint density at radius 3 is 2.45 bits per heavy atom. The lowest BCUT2D eigenvalue weighted by atomic mass is 9.86. The third kappa shape index (κ3) is 5.16. The van der Waals surface area contributed by atoms with Gasteiger partial charge in [-0.2, -0.15) is 0 Å². The van der Waals surface area contributed by atoms with E-state index in [1.807, 2.05) is 43.3 Å². The van der Waals surface area contributed by atoms with Gasteiger partial charge in [0.05, 0.1) is 29.1 Å². The Labute approximate surface area is 251 Å². The molecule has 0 fully saturated rings. The first kappa shape index (κ1) is 29.4. The molecule has 1 unspecified atom stereocenters. The molecule has 0 saturated heterocycles. The number of amides is 2. The lowest BCUT2D eigenvalue weighted by Gasteiger charge is -2.33. The number of rotatable bonds is 10. The van der Waals surface area contributed by atoms with Crippen LogP contribution in [0.25, 0.3) is 10.9 Å². The van der Waals surface area contributed by atoms with Crippen molar-refractivity contribution in [3.05, 3.63) is 95.1 Å². The minimum Gasteiger partial charge on any atom is -0.493 e. The van der Waals surface area contributed by atoms with E-state index < -0.39 is 17.6 Å². The van der Waals surface area contributed by atoms with E-state index in [0.717, 1.165) is 18.5 Å². The molecule has 42 heavy (non-hydrogen) atoms. The van der Waals surface area contributed by atoms with E-state index in [1.54, 1.807) is 54.5 Å². The van der Waals surface area contributed by atoms with E-state index in [-0.39, 0.29) is 0 Å². The van der Waals surface area contributed by atoms with Gasteiger partial charge in [-0.1, -0.05) is 61.8 Å². The summed E-state index contributed by atoms with van der Waals surface area (Å²) in [7, 11) is 1.68. The molecule has 1 aliphatic heterocycles. The molecule has 0 bridgehead atoms. The molecule has 1 aromatic heterocycles. The Morgan fingerprint density at radius 1 is 0.929 bits per heavy atom. The number of aromatic nitrogens is 1. The van der Waals surface area contributed by atoms with Gasteiger partial charge in [-0.25, -0.2) is 4.79 Å². The van der Waals surface area contributed by atoms with Gasteiger partial charge in [0.1, 0.15) is 5.75 Å². The van der Waals surface area contributed by atoms with Gasteiger partial charge in [-0.15, -0.1) is 0 Å². The molecule has 2 heterocycles. The second-order valence-corrected chi connectivity index (χ2v) is 10.5. The maximum atomic E-state index is 15.0. The number of hydrogen-bond acceptors (Lipinski definition) is 6. The van der Waals surface area contributed by atoms with E-state index in [1.165, 1.54) is 4.90 Å². The predicted molar refractivity (Wildman–Crippen MR) is 166 cm³/mol. The lowest BCUT2D eigenvalue weighted by molar-refractivity contribution is -0.132. The fourth-order valence-electron chi connectivity index (χ4n) is 5.46. The summed E-state index contributed by atoms with van der Waals surface area (Å²) in [6.07, 6.45) is 1.06. The van der Waals surface area contributed by atoms with E-state index in [2.05, 4.69) is 23.7 Å².